The first kappa shape index (κ1) is 13.4. The van der Waals surface area contributed by atoms with Gasteiger partial charge in [-0.25, -0.2) is 0 Å². The Bertz CT molecular complexity index is 304. The van der Waals surface area contributed by atoms with Crippen LogP contribution in [0.2, 0.25) is 0 Å². The fourth-order valence-corrected chi connectivity index (χ4v) is 1.52. The minimum atomic E-state index is 0.352. The fourth-order valence-electron chi connectivity index (χ4n) is 1.33. The SMILES string of the molecule is CCCOCc1nnc(CCl)n1CCOC. The van der Waals surface area contributed by atoms with E-state index in [1.807, 2.05) is 4.57 Å². The summed E-state index contributed by atoms with van der Waals surface area (Å²) in [5, 5.41) is 8.07. The molecular formula is C10H18ClN3O2. The molecule has 0 aromatic carbocycles. The number of aromatic nitrogens is 3. The lowest BCUT2D eigenvalue weighted by Crippen LogP contribution is -2.12. The molecule has 16 heavy (non-hydrogen) atoms. The number of hydrogen-bond donors (Lipinski definition) is 0. The molecule has 1 aromatic heterocycles. The molecule has 0 N–H and O–H groups in total. The zero-order valence-electron chi connectivity index (χ0n) is 9.78. The van der Waals surface area contributed by atoms with Crippen LogP contribution in [0.5, 0.6) is 0 Å². The van der Waals surface area contributed by atoms with E-state index in [0.717, 1.165) is 24.7 Å². The summed E-state index contributed by atoms with van der Waals surface area (Å²) in [6.07, 6.45) is 0.995. The third-order valence-corrected chi connectivity index (χ3v) is 2.36. The predicted octanol–water partition coefficient (Wildman–Crippen LogP) is 1.59. The van der Waals surface area contributed by atoms with Gasteiger partial charge in [-0.1, -0.05) is 6.92 Å². The molecule has 1 heterocycles. The van der Waals surface area contributed by atoms with E-state index >= 15 is 0 Å². The van der Waals surface area contributed by atoms with Crippen LogP contribution in [0.4, 0.5) is 0 Å². The molecule has 0 saturated heterocycles. The van der Waals surface area contributed by atoms with Crippen LogP contribution in [0.15, 0.2) is 0 Å². The average molecular weight is 248 g/mol. The highest BCUT2D eigenvalue weighted by molar-refractivity contribution is 6.16. The lowest BCUT2D eigenvalue weighted by Gasteiger charge is -2.08. The van der Waals surface area contributed by atoms with Crippen molar-refractivity contribution in [1.29, 1.82) is 0 Å². The van der Waals surface area contributed by atoms with Gasteiger partial charge in [0.1, 0.15) is 12.4 Å². The second-order valence-corrected chi connectivity index (χ2v) is 3.63. The maximum Gasteiger partial charge on any atom is 0.159 e. The van der Waals surface area contributed by atoms with Crippen molar-refractivity contribution >= 4 is 11.6 Å². The average Bonchev–Trinajstić information content (AvgIpc) is 2.69. The molecule has 0 radical (unpaired) electrons. The van der Waals surface area contributed by atoms with Gasteiger partial charge in [-0.2, -0.15) is 0 Å². The van der Waals surface area contributed by atoms with Crippen LogP contribution in [0.1, 0.15) is 25.0 Å². The molecule has 0 aliphatic rings. The van der Waals surface area contributed by atoms with Crippen molar-refractivity contribution in [2.75, 3.05) is 20.3 Å². The van der Waals surface area contributed by atoms with E-state index in [1.165, 1.54) is 0 Å². The number of halogens is 1. The van der Waals surface area contributed by atoms with Crippen LogP contribution in [0, 0.1) is 0 Å². The molecule has 0 atom stereocenters. The third-order valence-electron chi connectivity index (χ3n) is 2.12. The van der Waals surface area contributed by atoms with Crippen molar-refractivity contribution < 1.29 is 9.47 Å². The Morgan fingerprint density at radius 1 is 1.25 bits per heavy atom. The lowest BCUT2D eigenvalue weighted by molar-refractivity contribution is 0.111. The van der Waals surface area contributed by atoms with Gasteiger partial charge in [0.25, 0.3) is 0 Å². The van der Waals surface area contributed by atoms with E-state index < -0.39 is 0 Å². The van der Waals surface area contributed by atoms with Crippen LogP contribution < -0.4 is 0 Å². The van der Waals surface area contributed by atoms with Crippen LogP contribution in [0.25, 0.3) is 0 Å². The normalized spacial score (nSPS) is 10.9. The minimum Gasteiger partial charge on any atom is -0.383 e. The van der Waals surface area contributed by atoms with Crippen LogP contribution in [-0.2, 0) is 28.5 Å². The molecule has 0 fully saturated rings. The van der Waals surface area contributed by atoms with Crippen molar-refractivity contribution in [3.63, 3.8) is 0 Å². The van der Waals surface area contributed by atoms with Crippen molar-refractivity contribution in [2.45, 2.75) is 32.4 Å². The molecule has 0 spiro atoms. The molecule has 0 unspecified atom stereocenters. The standard InChI is InChI=1S/C10H18ClN3O2/c1-3-5-16-8-10-13-12-9(7-11)14(10)4-6-15-2/h3-8H2,1-2H3. The van der Waals surface area contributed by atoms with Gasteiger partial charge in [-0.15, -0.1) is 21.8 Å². The van der Waals surface area contributed by atoms with Crippen molar-refractivity contribution in [3.8, 4) is 0 Å². The third kappa shape index (κ3) is 3.73. The molecule has 1 aromatic rings. The maximum absolute atomic E-state index is 5.78. The number of hydrogen-bond acceptors (Lipinski definition) is 4. The second-order valence-electron chi connectivity index (χ2n) is 3.36. The molecule has 6 heteroatoms. The summed E-state index contributed by atoms with van der Waals surface area (Å²) in [5.74, 6) is 1.92. The summed E-state index contributed by atoms with van der Waals surface area (Å²) >= 11 is 5.78. The quantitative estimate of drug-likeness (QED) is 0.517. The largest absolute Gasteiger partial charge is 0.383 e. The molecule has 5 nitrogen and oxygen atoms in total. The highest BCUT2D eigenvalue weighted by Crippen LogP contribution is 2.06. The van der Waals surface area contributed by atoms with Crippen molar-refractivity contribution in [3.05, 3.63) is 11.6 Å². The number of alkyl halides is 1. The number of rotatable bonds is 8. The Hall–Kier alpha value is -0.650. The summed E-state index contributed by atoms with van der Waals surface area (Å²) in [7, 11) is 1.66. The highest BCUT2D eigenvalue weighted by atomic mass is 35.5. The van der Waals surface area contributed by atoms with E-state index in [9.17, 15) is 0 Å². The van der Waals surface area contributed by atoms with Crippen LogP contribution >= 0.6 is 11.6 Å². The molecule has 0 aliphatic carbocycles. The lowest BCUT2D eigenvalue weighted by atomic mass is 10.5. The highest BCUT2D eigenvalue weighted by Gasteiger charge is 2.10. The van der Waals surface area contributed by atoms with Gasteiger partial charge in [-0.05, 0) is 6.42 Å². The van der Waals surface area contributed by atoms with Gasteiger partial charge in [0.05, 0.1) is 12.5 Å². The molecule has 0 saturated carbocycles. The summed E-state index contributed by atoms with van der Waals surface area (Å²) in [6.45, 7) is 4.59. The number of ether oxygens (including phenoxy) is 2. The van der Waals surface area contributed by atoms with Gasteiger partial charge >= 0.3 is 0 Å². The Morgan fingerprint density at radius 2 is 2.00 bits per heavy atom. The summed E-state index contributed by atoms with van der Waals surface area (Å²) in [4.78, 5) is 0. The summed E-state index contributed by atoms with van der Waals surface area (Å²) < 4.78 is 12.4. The first-order chi connectivity index (χ1) is 7.83. The maximum atomic E-state index is 5.78. The Morgan fingerprint density at radius 3 is 2.62 bits per heavy atom. The molecular weight excluding hydrogens is 230 g/mol. The Kier molecular flexibility index (Phi) is 6.37. The zero-order valence-corrected chi connectivity index (χ0v) is 10.5. The van der Waals surface area contributed by atoms with Gasteiger partial charge < -0.3 is 14.0 Å². The zero-order chi connectivity index (χ0) is 11.8. The van der Waals surface area contributed by atoms with Crippen LogP contribution in [0.3, 0.4) is 0 Å². The molecule has 1 rings (SSSR count). The fraction of sp³-hybridized carbons (Fsp3) is 0.800. The van der Waals surface area contributed by atoms with Gasteiger partial charge in [0, 0.05) is 20.3 Å². The van der Waals surface area contributed by atoms with Crippen molar-refractivity contribution in [1.82, 2.24) is 14.8 Å². The number of nitrogens with zero attached hydrogens (tertiary/aromatic N) is 3. The monoisotopic (exact) mass is 247 g/mol. The topological polar surface area (TPSA) is 49.2 Å². The smallest absolute Gasteiger partial charge is 0.159 e. The molecule has 92 valence electrons. The van der Waals surface area contributed by atoms with E-state index in [4.69, 9.17) is 21.1 Å². The van der Waals surface area contributed by atoms with E-state index in [1.54, 1.807) is 7.11 Å². The predicted molar refractivity (Wildman–Crippen MR) is 61.4 cm³/mol. The van der Waals surface area contributed by atoms with E-state index in [-0.39, 0.29) is 0 Å². The summed E-state index contributed by atoms with van der Waals surface area (Å²) in [6, 6.07) is 0. The molecule has 0 amide bonds. The summed E-state index contributed by atoms with van der Waals surface area (Å²) in [5.41, 5.74) is 0. The first-order valence-corrected chi connectivity index (χ1v) is 5.90. The number of methoxy groups -OCH3 is 1. The van der Waals surface area contributed by atoms with Crippen molar-refractivity contribution in [2.24, 2.45) is 0 Å². The molecule has 0 aliphatic heterocycles. The second kappa shape index (κ2) is 7.60. The Balaban J connectivity index is 2.62. The van der Waals surface area contributed by atoms with Gasteiger partial charge in [0.2, 0.25) is 0 Å². The van der Waals surface area contributed by atoms with E-state index in [2.05, 4.69) is 17.1 Å². The van der Waals surface area contributed by atoms with E-state index in [0.29, 0.717) is 25.6 Å². The van der Waals surface area contributed by atoms with Gasteiger partial charge in [0.15, 0.2) is 5.82 Å². The van der Waals surface area contributed by atoms with Crippen LogP contribution in [-0.4, -0.2) is 35.1 Å². The van der Waals surface area contributed by atoms with Gasteiger partial charge in [-0.3, -0.25) is 0 Å². The first-order valence-electron chi connectivity index (χ1n) is 5.37. The Labute approximate surface area is 101 Å². The molecule has 0 bridgehead atoms. The minimum absolute atomic E-state index is 0.352.